The molecule has 0 radical (unpaired) electrons. The molecule has 9 aromatic rings. The minimum Gasteiger partial charge on any atom is -0.309 e. The molecule has 196 valence electrons. The number of para-hydroxylation sites is 4. The van der Waals surface area contributed by atoms with Crippen LogP contribution in [0.5, 0.6) is 0 Å². The van der Waals surface area contributed by atoms with Gasteiger partial charge in [0.2, 0.25) is 0 Å². The first kappa shape index (κ1) is 23.1. The van der Waals surface area contributed by atoms with Gasteiger partial charge in [0.1, 0.15) is 0 Å². The lowest BCUT2D eigenvalue weighted by Crippen LogP contribution is -1.96. The normalized spacial score (nSPS) is 11.8. The molecule has 2 nitrogen and oxygen atoms in total. The fraction of sp³-hybridized carbons (Fsp3) is 0. The van der Waals surface area contributed by atoms with E-state index in [1.807, 2.05) is 0 Å². The molecule has 7 aromatic carbocycles. The Kier molecular flexibility index (Phi) is 4.93. The van der Waals surface area contributed by atoms with E-state index in [1.165, 1.54) is 76.9 Å². The second-order valence-corrected chi connectivity index (χ2v) is 10.9. The third kappa shape index (κ3) is 3.21. The highest BCUT2D eigenvalue weighted by atomic mass is 15.0. The van der Waals surface area contributed by atoms with E-state index >= 15 is 0 Å². The fourth-order valence-electron chi connectivity index (χ4n) is 6.94. The highest BCUT2D eigenvalue weighted by Crippen LogP contribution is 2.47. The molecule has 0 N–H and O–H groups in total. The van der Waals surface area contributed by atoms with Crippen LogP contribution in [0.25, 0.3) is 76.9 Å². The number of benzene rings is 7. The minimum atomic E-state index is 1.17. The molecular formula is C40H26N2. The molecule has 2 heteroatoms. The second-order valence-electron chi connectivity index (χ2n) is 10.9. The summed E-state index contributed by atoms with van der Waals surface area (Å²) in [6.45, 7) is 0. The lowest BCUT2D eigenvalue weighted by molar-refractivity contribution is 1.18. The summed E-state index contributed by atoms with van der Waals surface area (Å²) in [5, 5.41) is 7.63. The third-order valence-corrected chi connectivity index (χ3v) is 8.67. The maximum atomic E-state index is 2.47. The highest BCUT2D eigenvalue weighted by Gasteiger charge is 2.24. The van der Waals surface area contributed by atoms with Crippen molar-refractivity contribution < 1.29 is 0 Å². The Morgan fingerprint density at radius 3 is 1.31 bits per heavy atom. The molecule has 0 aliphatic heterocycles. The SMILES string of the molecule is c1ccc(-c2ccc3c(c2)c2c(c4ccccc4n2-c2ccccc2)c2c4ccccc4n(-c4ccccc4)c32)cc1. The van der Waals surface area contributed by atoms with E-state index in [9.17, 15) is 0 Å². The lowest BCUT2D eigenvalue weighted by atomic mass is 9.96. The van der Waals surface area contributed by atoms with Gasteiger partial charge in [0.25, 0.3) is 0 Å². The fourth-order valence-corrected chi connectivity index (χ4v) is 6.94. The van der Waals surface area contributed by atoms with Crippen LogP contribution in [0.4, 0.5) is 0 Å². The van der Waals surface area contributed by atoms with Crippen molar-refractivity contribution in [2.24, 2.45) is 0 Å². The Balaban J connectivity index is 1.61. The van der Waals surface area contributed by atoms with Crippen molar-refractivity contribution in [2.75, 3.05) is 0 Å². The molecule has 0 atom stereocenters. The largest absolute Gasteiger partial charge is 0.309 e. The molecule has 2 aromatic heterocycles. The predicted molar refractivity (Wildman–Crippen MR) is 178 cm³/mol. The van der Waals surface area contributed by atoms with Gasteiger partial charge in [-0.15, -0.1) is 0 Å². The monoisotopic (exact) mass is 534 g/mol. The van der Waals surface area contributed by atoms with Crippen molar-refractivity contribution in [3.8, 4) is 22.5 Å². The summed E-state index contributed by atoms with van der Waals surface area (Å²) in [5.41, 5.74) is 9.71. The van der Waals surface area contributed by atoms with Crippen LogP contribution in [0.2, 0.25) is 0 Å². The molecule has 2 heterocycles. The molecule has 0 spiro atoms. The molecule has 0 saturated carbocycles. The van der Waals surface area contributed by atoms with Crippen LogP contribution in [-0.4, -0.2) is 9.13 Å². The van der Waals surface area contributed by atoms with Crippen LogP contribution in [0.3, 0.4) is 0 Å². The van der Waals surface area contributed by atoms with Crippen LogP contribution >= 0.6 is 0 Å². The first-order chi connectivity index (χ1) is 20.9. The van der Waals surface area contributed by atoms with Gasteiger partial charge in [0.05, 0.1) is 22.1 Å². The van der Waals surface area contributed by atoms with Gasteiger partial charge < -0.3 is 9.13 Å². The first-order valence-corrected chi connectivity index (χ1v) is 14.5. The van der Waals surface area contributed by atoms with Gasteiger partial charge in [-0.25, -0.2) is 0 Å². The molecule has 0 unspecified atom stereocenters. The van der Waals surface area contributed by atoms with Gasteiger partial charge in [0, 0.05) is 43.7 Å². The molecule has 0 amide bonds. The van der Waals surface area contributed by atoms with Crippen LogP contribution in [0.1, 0.15) is 0 Å². The van der Waals surface area contributed by atoms with E-state index < -0.39 is 0 Å². The van der Waals surface area contributed by atoms with Crippen molar-refractivity contribution in [3.63, 3.8) is 0 Å². The zero-order chi connectivity index (χ0) is 27.6. The van der Waals surface area contributed by atoms with E-state index in [0.717, 1.165) is 0 Å². The van der Waals surface area contributed by atoms with Crippen molar-refractivity contribution in [1.82, 2.24) is 9.13 Å². The predicted octanol–water partition coefficient (Wildman–Crippen LogP) is 10.7. The smallest absolute Gasteiger partial charge is 0.0627 e. The average Bonchev–Trinajstić information content (AvgIpc) is 3.60. The van der Waals surface area contributed by atoms with E-state index in [4.69, 9.17) is 0 Å². The summed E-state index contributed by atoms with van der Waals surface area (Å²) < 4.78 is 4.93. The zero-order valence-electron chi connectivity index (χ0n) is 22.9. The summed E-state index contributed by atoms with van der Waals surface area (Å²) >= 11 is 0. The summed E-state index contributed by atoms with van der Waals surface area (Å²) in [6, 6.07) is 57.1. The topological polar surface area (TPSA) is 9.86 Å². The van der Waals surface area contributed by atoms with Gasteiger partial charge in [-0.05, 0) is 53.6 Å². The Morgan fingerprint density at radius 2 is 0.762 bits per heavy atom. The highest BCUT2D eigenvalue weighted by molar-refractivity contribution is 6.37. The van der Waals surface area contributed by atoms with Gasteiger partial charge in [-0.1, -0.05) is 115 Å². The second kappa shape index (κ2) is 8.95. The minimum absolute atomic E-state index is 1.17. The van der Waals surface area contributed by atoms with Crippen LogP contribution in [0, 0.1) is 0 Å². The maximum absolute atomic E-state index is 2.47. The molecule has 9 rings (SSSR count). The number of fused-ring (bicyclic) bond motifs is 10. The molecule has 0 fully saturated rings. The Bertz CT molecular complexity index is 2430. The number of hydrogen-bond acceptors (Lipinski definition) is 0. The van der Waals surface area contributed by atoms with Crippen molar-refractivity contribution in [3.05, 3.63) is 158 Å². The Labute approximate surface area is 243 Å². The zero-order valence-corrected chi connectivity index (χ0v) is 22.9. The van der Waals surface area contributed by atoms with Gasteiger partial charge >= 0.3 is 0 Å². The van der Waals surface area contributed by atoms with Crippen molar-refractivity contribution in [1.29, 1.82) is 0 Å². The van der Waals surface area contributed by atoms with E-state index in [2.05, 4.69) is 167 Å². The van der Waals surface area contributed by atoms with Gasteiger partial charge in [-0.3, -0.25) is 0 Å². The number of aromatic nitrogens is 2. The number of rotatable bonds is 3. The molecule has 0 bridgehead atoms. The summed E-state index contributed by atoms with van der Waals surface area (Å²) in [5.74, 6) is 0. The maximum Gasteiger partial charge on any atom is 0.0627 e. The van der Waals surface area contributed by atoms with Gasteiger partial charge in [-0.2, -0.15) is 0 Å². The molecular weight excluding hydrogens is 508 g/mol. The standard InChI is InChI=1S/C40H26N2/c1-4-14-27(15-5-1)28-24-25-31-34(26-28)40-38(33-21-11-13-23-36(33)42(40)30-18-8-3-9-19-30)37-32-20-10-12-22-35(32)41(39(31)37)29-16-6-2-7-17-29/h1-26H. The van der Waals surface area contributed by atoms with Crippen LogP contribution in [0.15, 0.2) is 158 Å². The summed E-state index contributed by atoms with van der Waals surface area (Å²) in [4.78, 5) is 0. The number of hydrogen-bond donors (Lipinski definition) is 0. The van der Waals surface area contributed by atoms with Crippen LogP contribution < -0.4 is 0 Å². The average molecular weight is 535 g/mol. The lowest BCUT2D eigenvalue weighted by Gasteiger charge is -2.14. The Morgan fingerprint density at radius 1 is 0.310 bits per heavy atom. The van der Waals surface area contributed by atoms with Gasteiger partial charge in [0.15, 0.2) is 0 Å². The first-order valence-electron chi connectivity index (χ1n) is 14.5. The summed E-state index contributed by atoms with van der Waals surface area (Å²) in [7, 11) is 0. The van der Waals surface area contributed by atoms with E-state index in [0.29, 0.717) is 0 Å². The molecule has 0 saturated heterocycles. The molecule has 0 aliphatic carbocycles. The van der Waals surface area contributed by atoms with Crippen molar-refractivity contribution >= 4 is 54.4 Å². The van der Waals surface area contributed by atoms with E-state index in [1.54, 1.807) is 0 Å². The Hall–Kier alpha value is -5.60. The van der Waals surface area contributed by atoms with Crippen molar-refractivity contribution in [2.45, 2.75) is 0 Å². The van der Waals surface area contributed by atoms with E-state index in [-0.39, 0.29) is 0 Å². The summed E-state index contributed by atoms with van der Waals surface area (Å²) in [6.07, 6.45) is 0. The quantitative estimate of drug-likeness (QED) is 0.213. The molecule has 0 aliphatic rings. The van der Waals surface area contributed by atoms with Crippen LogP contribution in [-0.2, 0) is 0 Å². The molecule has 42 heavy (non-hydrogen) atoms. The number of nitrogens with zero attached hydrogens (tertiary/aromatic N) is 2. The third-order valence-electron chi connectivity index (χ3n) is 8.67.